The van der Waals surface area contributed by atoms with E-state index in [1.165, 1.54) is 0 Å². The van der Waals surface area contributed by atoms with Gasteiger partial charge in [0.25, 0.3) is 11.8 Å². The second-order valence-corrected chi connectivity index (χ2v) is 7.27. The normalized spacial score (nSPS) is 28.0. The molecule has 166 valence electrons. The molecule has 0 bridgehead atoms. The molecule has 0 spiro atoms. The molecule has 2 heterocycles. The van der Waals surface area contributed by atoms with E-state index in [4.69, 9.17) is 21.2 Å². The van der Waals surface area contributed by atoms with Crippen molar-refractivity contribution >= 4 is 35.2 Å². The monoisotopic (exact) mass is 468 g/mol. The third-order valence-corrected chi connectivity index (χ3v) is 5.00. The third-order valence-electron chi connectivity index (χ3n) is 4.75. The number of carbonyl (C=O) groups is 4. The first kappa shape index (κ1) is 14.7. The van der Waals surface area contributed by atoms with Gasteiger partial charge in [-0.1, -0.05) is 35.9 Å². The minimum Gasteiger partial charge on any atom is -0.346 e. The predicted molar refractivity (Wildman–Crippen MR) is 110 cm³/mol. The fraction of sp³-hybridized carbons (Fsp3) is 0.273. The molecule has 0 radical (unpaired) electrons. The molecule has 2 aromatic carbocycles. The number of carbonyl (C=O) groups excluding carboxylic acids is 4. The molecule has 0 saturated carbocycles. The number of nitrogens with one attached hydrogen (secondary N) is 2. The summed E-state index contributed by atoms with van der Waals surface area (Å²) in [5.74, 6) is -10.4. The van der Waals surface area contributed by atoms with Gasteiger partial charge in [0.2, 0.25) is 11.8 Å². The molecule has 10 heteroatoms. The van der Waals surface area contributed by atoms with Crippen LogP contribution in [-0.4, -0.2) is 34.5 Å². The molecule has 0 aromatic heterocycles. The fourth-order valence-corrected chi connectivity index (χ4v) is 3.28. The molecule has 2 aromatic rings. The first-order chi connectivity index (χ1) is 17.9. The molecule has 32 heavy (non-hydrogen) atoms. The zero-order chi connectivity index (χ0) is 29.3. The Bertz CT molecular complexity index is 1410. The Morgan fingerprint density at radius 1 is 1.31 bits per heavy atom. The standard InChI is InChI=1S/C22H18ClF2N3O4/c23-15-4-2-14(3-5-15)22(24,25)21(32)26-10-12-1-6-16-13(9-12)11-28(20(16)31)17-7-8-18(29)27-19(17)30/h1-6,9,17H,7-8,10-11H2,(H,26,32)(H,27,29,30)/t17-/m1/s1/i7D2,8D2,10D,17D/hD/t10?,17-. The lowest BCUT2D eigenvalue weighted by molar-refractivity contribution is -0.147. The number of fused-ring (bicyclic) bond motifs is 1. The lowest BCUT2D eigenvalue weighted by Gasteiger charge is -2.29. The second kappa shape index (κ2) is 8.31. The average molecular weight is 469 g/mol. The minimum atomic E-state index is -4.18. The average Bonchev–Trinajstić information content (AvgIpc) is 3.21. The van der Waals surface area contributed by atoms with Gasteiger partial charge < -0.3 is 10.2 Å². The lowest BCUT2D eigenvalue weighted by Crippen LogP contribution is -2.52. The van der Waals surface area contributed by atoms with Gasteiger partial charge in [-0.2, -0.15) is 8.78 Å². The smallest absolute Gasteiger partial charge is 0.346 e. The van der Waals surface area contributed by atoms with Gasteiger partial charge in [-0.05, 0) is 35.7 Å². The summed E-state index contributed by atoms with van der Waals surface area (Å²) >= 11 is 5.68. The number of rotatable bonds is 5. The summed E-state index contributed by atoms with van der Waals surface area (Å²) in [4.78, 5) is 50.4. The maximum Gasteiger partial charge on any atom is 0.349 e. The quantitative estimate of drug-likeness (QED) is 0.659. The lowest BCUT2D eigenvalue weighted by atomic mass is 10.0. The van der Waals surface area contributed by atoms with Crippen molar-refractivity contribution in [3.05, 3.63) is 69.7 Å². The molecule has 2 aliphatic heterocycles. The van der Waals surface area contributed by atoms with Crippen LogP contribution in [0.3, 0.4) is 0 Å². The Balaban J connectivity index is 1.62. The molecule has 0 aliphatic carbocycles. The van der Waals surface area contributed by atoms with Gasteiger partial charge in [-0.25, -0.2) is 0 Å². The van der Waals surface area contributed by atoms with Crippen LogP contribution in [0.5, 0.6) is 0 Å². The van der Waals surface area contributed by atoms with E-state index in [2.05, 4.69) is 0 Å². The molecule has 2 aliphatic rings. The first-order valence-electron chi connectivity index (χ1n) is 12.6. The Hall–Kier alpha value is -3.33. The number of hydrogen-bond acceptors (Lipinski definition) is 4. The predicted octanol–water partition coefficient (Wildman–Crippen LogP) is 2.51. The van der Waals surface area contributed by atoms with Crippen LogP contribution in [-0.2, 0) is 33.4 Å². The summed E-state index contributed by atoms with van der Waals surface area (Å²) in [6.07, 6.45) is -6.86. The van der Waals surface area contributed by atoms with Crippen molar-refractivity contribution < 1.29 is 37.6 Å². The van der Waals surface area contributed by atoms with Gasteiger partial charge in [-0.15, -0.1) is 0 Å². The highest BCUT2D eigenvalue weighted by atomic mass is 35.5. The van der Waals surface area contributed by atoms with Crippen molar-refractivity contribution in [2.45, 2.75) is 37.8 Å². The largest absolute Gasteiger partial charge is 0.349 e. The summed E-state index contributed by atoms with van der Waals surface area (Å²) in [5, 5.41) is 1.46. The van der Waals surface area contributed by atoms with E-state index in [1.54, 1.807) is 5.32 Å². The van der Waals surface area contributed by atoms with Crippen LogP contribution < -0.4 is 10.6 Å². The van der Waals surface area contributed by atoms with Crippen LogP contribution in [0.25, 0.3) is 0 Å². The molecular weight excluding hydrogens is 444 g/mol. The summed E-state index contributed by atoms with van der Waals surface area (Å²) < 4.78 is 85.9. The number of nitrogens with zero attached hydrogens (tertiary/aromatic N) is 1. The van der Waals surface area contributed by atoms with Gasteiger partial charge in [0.15, 0.2) is 1.41 Å². The highest BCUT2D eigenvalue weighted by Gasteiger charge is 2.41. The number of benzene rings is 2. The van der Waals surface area contributed by atoms with Gasteiger partial charge in [0.05, 0.1) is 2.74 Å². The van der Waals surface area contributed by atoms with Gasteiger partial charge in [0.1, 0.15) is 6.02 Å². The van der Waals surface area contributed by atoms with Gasteiger partial charge in [0, 0.05) is 41.1 Å². The molecule has 2 N–H and O–H groups in total. The summed E-state index contributed by atoms with van der Waals surface area (Å²) in [5.41, 5.74) is -1.13. The second-order valence-electron chi connectivity index (χ2n) is 6.83. The molecule has 1 fully saturated rings. The van der Waals surface area contributed by atoms with Gasteiger partial charge >= 0.3 is 5.92 Å². The van der Waals surface area contributed by atoms with E-state index >= 15 is 0 Å². The molecule has 1 saturated heterocycles. The molecule has 7 nitrogen and oxygen atoms in total. The van der Waals surface area contributed by atoms with Crippen molar-refractivity contribution in [2.75, 3.05) is 0 Å². The van der Waals surface area contributed by atoms with E-state index in [9.17, 15) is 28.0 Å². The molecule has 1 unspecified atom stereocenters. The summed E-state index contributed by atoms with van der Waals surface area (Å²) in [6, 6.07) is 4.10. The van der Waals surface area contributed by atoms with E-state index in [0.29, 0.717) is 4.90 Å². The Morgan fingerprint density at radius 3 is 2.75 bits per heavy atom. The zero-order valence-electron chi connectivity index (χ0n) is 23.0. The van der Waals surface area contributed by atoms with Crippen LogP contribution in [0.1, 0.15) is 48.0 Å². The zero-order valence-corrected chi connectivity index (χ0v) is 16.7. The van der Waals surface area contributed by atoms with Crippen LogP contribution in [0.15, 0.2) is 42.5 Å². The van der Waals surface area contributed by atoms with Crippen molar-refractivity contribution in [1.82, 2.24) is 15.5 Å². The Kier molecular flexibility index (Phi) is 3.81. The summed E-state index contributed by atoms with van der Waals surface area (Å²) in [6.45, 7) is -2.66. The first-order valence-corrected chi connectivity index (χ1v) is 9.46. The van der Waals surface area contributed by atoms with Crippen LogP contribution >= 0.6 is 11.6 Å². The summed E-state index contributed by atoms with van der Waals surface area (Å²) in [7, 11) is 0. The van der Waals surface area contributed by atoms with E-state index in [-0.39, 0.29) is 27.0 Å². The number of imide groups is 1. The highest BCUT2D eigenvalue weighted by Crippen LogP contribution is 2.30. The van der Waals surface area contributed by atoms with Crippen LogP contribution in [0, 0.1) is 0 Å². The highest BCUT2D eigenvalue weighted by molar-refractivity contribution is 6.30. The minimum absolute atomic E-state index is 0.00672. The molecule has 2 atom stereocenters. The van der Waals surface area contributed by atoms with Gasteiger partial charge in [-0.3, -0.25) is 24.5 Å². The maximum absolute atomic E-state index is 14.7. The van der Waals surface area contributed by atoms with E-state index in [1.807, 2.05) is 0 Å². The van der Waals surface area contributed by atoms with Crippen molar-refractivity contribution in [2.24, 2.45) is 0 Å². The number of amides is 4. The van der Waals surface area contributed by atoms with Crippen LogP contribution in [0.4, 0.5) is 8.78 Å². The van der Waals surface area contributed by atoms with Crippen molar-refractivity contribution in [3.63, 3.8) is 0 Å². The SMILES string of the molecule is [2H]C(c1ccc2c(c1)CN([C@@]1([2H])C(=O)NC(=O)C([2H])([2H])C1([2H])[2H])C2=O)N([2H])C(=O)C(F)(F)c1ccc(Cl)cc1. The van der Waals surface area contributed by atoms with Crippen LogP contribution in [0.2, 0.25) is 6.43 Å². The van der Waals surface area contributed by atoms with E-state index in [0.717, 1.165) is 42.5 Å². The number of halogens is 3. The Morgan fingerprint density at radius 2 is 2.03 bits per heavy atom. The Labute approximate surface area is 196 Å². The molecule has 4 amide bonds. The number of piperidine rings is 1. The number of hydrogen-bond donors (Lipinski definition) is 2. The fourth-order valence-electron chi connectivity index (χ4n) is 3.15. The molecular formula is C22H18ClF2N3O4. The third kappa shape index (κ3) is 4.08. The molecule has 4 rings (SSSR count). The topological polar surface area (TPSA) is 95.6 Å². The van der Waals surface area contributed by atoms with Crippen molar-refractivity contribution in [1.29, 1.82) is 0 Å². The maximum atomic E-state index is 14.7. The van der Waals surface area contributed by atoms with Crippen molar-refractivity contribution in [3.8, 4) is 0 Å². The van der Waals surface area contributed by atoms with E-state index < -0.39 is 66.9 Å². The number of alkyl halides is 2.